The highest BCUT2D eigenvalue weighted by Gasteiger charge is 2.23. The molecule has 1 atom stereocenters. The number of fused-ring (bicyclic) bond motifs is 1. The van der Waals surface area contributed by atoms with Gasteiger partial charge >= 0.3 is 0 Å². The van der Waals surface area contributed by atoms with Crippen LogP contribution in [0, 0.1) is 0 Å². The van der Waals surface area contributed by atoms with E-state index in [1.165, 1.54) is 5.56 Å². The molecular formula is C15H20N4OS. The van der Waals surface area contributed by atoms with Crippen LogP contribution in [0.3, 0.4) is 0 Å². The fourth-order valence-corrected chi connectivity index (χ4v) is 3.35. The zero-order chi connectivity index (χ0) is 14.7. The van der Waals surface area contributed by atoms with E-state index in [0.29, 0.717) is 0 Å². The largest absolute Gasteiger partial charge is 0.497 e. The van der Waals surface area contributed by atoms with Crippen LogP contribution in [0.1, 0.15) is 37.2 Å². The lowest BCUT2D eigenvalue weighted by Crippen LogP contribution is -2.29. The monoisotopic (exact) mass is 304 g/mol. The van der Waals surface area contributed by atoms with E-state index in [2.05, 4.69) is 39.4 Å². The van der Waals surface area contributed by atoms with Crippen LogP contribution in [-0.2, 0) is 6.42 Å². The highest BCUT2D eigenvalue weighted by atomic mass is 32.2. The maximum absolute atomic E-state index is 5.21. The van der Waals surface area contributed by atoms with Gasteiger partial charge in [0.15, 0.2) is 5.82 Å². The fourth-order valence-electron chi connectivity index (χ4n) is 2.38. The molecule has 2 aromatic rings. The number of nitrogens with one attached hydrogen (secondary N) is 1. The van der Waals surface area contributed by atoms with Crippen LogP contribution in [0.2, 0.25) is 0 Å². The Balaban J connectivity index is 1.77. The number of benzene rings is 1. The van der Waals surface area contributed by atoms with E-state index >= 15 is 0 Å². The zero-order valence-electron chi connectivity index (χ0n) is 12.4. The molecule has 21 heavy (non-hydrogen) atoms. The molecule has 1 N–H and O–H groups in total. The second-order valence-electron chi connectivity index (χ2n) is 5.10. The van der Waals surface area contributed by atoms with Gasteiger partial charge in [0.2, 0.25) is 5.16 Å². The molecule has 1 aliphatic rings. The van der Waals surface area contributed by atoms with E-state index in [1.807, 2.05) is 12.1 Å². The second-order valence-corrected chi connectivity index (χ2v) is 6.09. The summed E-state index contributed by atoms with van der Waals surface area (Å²) >= 11 is 1.75. The number of aromatic nitrogens is 3. The van der Waals surface area contributed by atoms with Gasteiger partial charge in [-0.25, -0.2) is 4.68 Å². The number of hydrogen-bond acceptors (Lipinski definition) is 5. The summed E-state index contributed by atoms with van der Waals surface area (Å²) in [5, 5.41) is 9.52. The first-order chi connectivity index (χ1) is 10.3. The lowest BCUT2D eigenvalue weighted by atomic mass is 10.1. The molecule has 112 valence electrons. The van der Waals surface area contributed by atoms with Gasteiger partial charge in [0.05, 0.1) is 13.2 Å². The van der Waals surface area contributed by atoms with Crippen molar-refractivity contribution in [1.29, 1.82) is 0 Å². The lowest BCUT2D eigenvalue weighted by Gasteiger charge is -2.26. The van der Waals surface area contributed by atoms with Crippen LogP contribution >= 0.6 is 11.8 Å². The average Bonchev–Trinajstić information content (AvgIpc) is 2.95. The van der Waals surface area contributed by atoms with E-state index in [4.69, 9.17) is 4.74 Å². The predicted molar refractivity (Wildman–Crippen MR) is 84.5 cm³/mol. The summed E-state index contributed by atoms with van der Waals surface area (Å²) in [5.41, 5.74) is 4.79. The molecule has 0 amide bonds. The molecule has 1 unspecified atom stereocenters. The van der Waals surface area contributed by atoms with Crippen molar-refractivity contribution in [1.82, 2.24) is 14.9 Å². The molecule has 1 aromatic heterocycles. The smallest absolute Gasteiger partial charge is 0.210 e. The minimum atomic E-state index is 0.268. The molecular weight excluding hydrogens is 284 g/mol. The van der Waals surface area contributed by atoms with Crippen LogP contribution in [0.25, 0.3) is 0 Å². The van der Waals surface area contributed by atoms with Gasteiger partial charge in [-0.1, -0.05) is 37.2 Å². The van der Waals surface area contributed by atoms with Crippen molar-refractivity contribution in [2.45, 2.75) is 37.4 Å². The Morgan fingerprint density at radius 2 is 2.14 bits per heavy atom. The Labute approximate surface area is 129 Å². The summed E-state index contributed by atoms with van der Waals surface area (Å²) in [6.45, 7) is 2.19. The van der Waals surface area contributed by atoms with Crippen molar-refractivity contribution in [3.05, 3.63) is 35.7 Å². The molecule has 0 radical (unpaired) electrons. The van der Waals surface area contributed by atoms with Gasteiger partial charge in [-0.2, -0.15) is 0 Å². The second kappa shape index (κ2) is 6.39. The van der Waals surface area contributed by atoms with Crippen molar-refractivity contribution in [2.24, 2.45) is 0 Å². The average molecular weight is 304 g/mol. The summed E-state index contributed by atoms with van der Waals surface area (Å²) in [6.07, 6.45) is 3.27. The van der Waals surface area contributed by atoms with Crippen LogP contribution in [-0.4, -0.2) is 27.7 Å². The van der Waals surface area contributed by atoms with Crippen molar-refractivity contribution >= 4 is 11.8 Å². The number of unbranched alkanes of at least 4 members (excludes halogenated alkanes) is 1. The zero-order valence-corrected chi connectivity index (χ0v) is 13.2. The molecule has 0 spiro atoms. The van der Waals surface area contributed by atoms with Crippen molar-refractivity contribution in [3.8, 4) is 5.75 Å². The highest BCUT2D eigenvalue weighted by molar-refractivity contribution is 7.99. The normalized spacial score (nSPS) is 17.1. The number of rotatable bonds is 5. The molecule has 2 heterocycles. The van der Waals surface area contributed by atoms with Gasteiger partial charge in [0, 0.05) is 12.2 Å². The van der Waals surface area contributed by atoms with E-state index in [-0.39, 0.29) is 6.04 Å². The van der Waals surface area contributed by atoms with E-state index < -0.39 is 0 Å². The fraction of sp³-hybridized carbons (Fsp3) is 0.467. The van der Waals surface area contributed by atoms with Crippen molar-refractivity contribution in [2.75, 3.05) is 18.3 Å². The standard InChI is InChI=1S/C15H20N4OS/c1-3-4-5-14-16-17-15-19(14)18-13(10-21-15)11-6-8-12(20-2)9-7-11/h6-9,13,18H,3-5,10H2,1-2H3. The van der Waals surface area contributed by atoms with Gasteiger partial charge < -0.3 is 10.2 Å². The molecule has 1 aromatic carbocycles. The Morgan fingerprint density at radius 1 is 1.33 bits per heavy atom. The molecule has 0 bridgehead atoms. The van der Waals surface area contributed by atoms with Crippen molar-refractivity contribution in [3.63, 3.8) is 0 Å². The molecule has 0 saturated carbocycles. The third-order valence-corrected chi connectivity index (χ3v) is 4.66. The SMILES string of the molecule is CCCCc1nnc2n1NC(c1ccc(OC)cc1)CS2. The first-order valence-electron chi connectivity index (χ1n) is 7.29. The molecule has 0 aliphatic carbocycles. The highest BCUT2D eigenvalue weighted by Crippen LogP contribution is 2.30. The number of methoxy groups -OCH3 is 1. The van der Waals surface area contributed by atoms with Gasteiger partial charge in [0.25, 0.3) is 0 Å². The van der Waals surface area contributed by atoms with E-state index in [0.717, 1.165) is 41.7 Å². The third-order valence-electron chi connectivity index (χ3n) is 3.64. The number of hydrogen-bond donors (Lipinski definition) is 1. The minimum absolute atomic E-state index is 0.268. The molecule has 5 nitrogen and oxygen atoms in total. The Kier molecular flexibility index (Phi) is 4.34. The molecule has 0 fully saturated rings. The minimum Gasteiger partial charge on any atom is -0.497 e. The van der Waals surface area contributed by atoms with Crippen LogP contribution in [0.4, 0.5) is 0 Å². The quantitative estimate of drug-likeness (QED) is 0.920. The third kappa shape index (κ3) is 3.00. The summed E-state index contributed by atoms with van der Waals surface area (Å²) < 4.78 is 7.27. The molecule has 6 heteroatoms. The lowest BCUT2D eigenvalue weighted by molar-refractivity contribution is 0.414. The summed E-state index contributed by atoms with van der Waals surface area (Å²) in [7, 11) is 1.69. The first-order valence-corrected chi connectivity index (χ1v) is 8.28. The summed E-state index contributed by atoms with van der Waals surface area (Å²) in [4.78, 5) is 0. The van der Waals surface area contributed by atoms with Gasteiger partial charge in [-0.15, -0.1) is 10.2 Å². The number of aryl methyl sites for hydroxylation is 1. The summed E-state index contributed by atoms with van der Waals surface area (Å²) in [6, 6.07) is 8.49. The van der Waals surface area contributed by atoms with Crippen molar-refractivity contribution < 1.29 is 4.74 Å². The predicted octanol–water partition coefficient (Wildman–Crippen LogP) is 3.02. The Bertz CT molecular complexity index is 596. The van der Waals surface area contributed by atoms with Crippen LogP contribution in [0.5, 0.6) is 5.75 Å². The Hall–Kier alpha value is -1.69. The number of thioether (sulfide) groups is 1. The van der Waals surface area contributed by atoms with Crippen LogP contribution in [0.15, 0.2) is 29.4 Å². The topological polar surface area (TPSA) is 52.0 Å². The van der Waals surface area contributed by atoms with E-state index in [9.17, 15) is 0 Å². The Morgan fingerprint density at radius 3 is 2.86 bits per heavy atom. The first kappa shape index (κ1) is 14.3. The number of ether oxygens (including phenoxy) is 1. The number of nitrogens with zero attached hydrogens (tertiary/aromatic N) is 3. The molecule has 1 aliphatic heterocycles. The van der Waals surface area contributed by atoms with Crippen LogP contribution < -0.4 is 10.2 Å². The van der Waals surface area contributed by atoms with Gasteiger partial charge in [-0.05, 0) is 24.1 Å². The van der Waals surface area contributed by atoms with E-state index in [1.54, 1.807) is 18.9 Å². The summed E-state index contributed by atoms with van der Waals surface area (Å²) in [5.74, 6) is 2.87. The van der Waals surface area contributed by atoms with Gasteiger partial charge in [-0.3, -0.25) is 0 Å². The maximum atomic E-state index is 5.21. The molecule has 0 saturated heterocycles. The van der Waals surface area contributed by atoms with Gasteiger partial charge in [0.1, 0.15) is 5.75 Å². The molecule has 3 rings (SSSR count). The maximum Gasteiger partial charge on any atom is 0.210 e.